The van der Waals surface area contributed by atoms with Crippen molar-refractivity contribution in [3.63, 3.8) is 0 Å². The van der Waals surface area contributed by atoms with Crippen molar-refractivity contribution in [1.29, 1.82) is 0 Å². The molecular weight excluding hydrogens is 292 g/mol. The van der Waals surface area contributed by atoms with Gasteiger partial charge in [-0.05, 0) is 18.2 Å². The van der Waals surface area contributed by atoms with Crippen molar-refractivity contribution in [2.45, 2.75) is 11.6 Å². The lowest BCUT2D eigenvalue weighted by atomic mass is 10.4. The molecular formula is C13H14N4O3S. The number of furan rings is 1. The van der Waals surface area contributed by atoms with Crippen molar-refractivity contribution in [3.05, 3.63) is 48.6 Å². The second-order valence-electron chi connectivity index (χ2n) is 4.40. The summed E-state index contributed by atoms with van der Waals surface area (Å²) in [5.41, 5.74) is 1.31. The zero-order valence-electron chi connectivity index (χ0n) is 11.3. The lowest BCUT2D eigenvalue weighted by Gasteiger charge is -2.07. The average Bonchev–Trinajstić information content (AvgIpc) is 3.12. The average molecular weight is 306 g/mol. The number of aromatic nitrogens is 2. The van der Waals surface area contributed by atoms with Crippen molar-refractivity contribution >= 4 is 21.5 Å². The van der Waals surface area contributed by atoms with Crippen molar-refractivity contribution in [1.82, 2.24) is 14.1 Å². The number of nitrogens with one attached hydrogen (secondary N) is 2. The molecule has 0 atom stereocenters. The normalized spacial score (nSPS) is 11.9. The molecule has 0 aliphatic heterocycles. The molecule has 0 bridgehead atoms. The molecule has 0 aliphatic carbocycles. The molecule has 0 radical (unpaired) electrons. The number of pyridine rings is 1. The first-order chi connectivity index (χ1) is 10.1. The summed E-state index contributed by atoms with van der Waals surface area (Å²) >= 11 is 0. The van der Waals surface area contributed by atoms with E-state index in [2.05, 4.69) is 15.0 Å². The van der Waals surface area contributed by atoms with Gasteiger partial charge in [-0.15, -0.1) is 0 Å². The first-order valence-electron chi connectivity index (χ1n) is 6.27. The molecule has 110 valence electrons. The van der Waals surface area contributed by atoms with E-state index in [9.17, 15) is 8.42 Å². The molecule has 0 aliphatic rings. The lowest BCUT2D eigenvalue weighted by Crippen LogP contribution is -2.25. The molecule has 3 aromatic rings. The number of hydrogen-bond acceptors (Lipinski definition) is 5. The number of sulfonamides is 1. The minimum Gasteiger partial charge on any atom is -0.472 e. The summed E-state index contributed by atoms with van der Waals surface area (Å²) in [4.78, 5) is 4.26. The molecule has 8 heteroatoms. The first kappa shape index (κ1) is 13.7. The highest BCUT2D eigenvalue weighted by Crippen LogP contribution is 2.22. The van der Waals surface area contributed by atoms with E-state index < -0.39 is 10.0 Å². The van der Waals surface area contributed by atoms with E-state index in [-0.39, 0.29) is 11.6 Å². The Morgan fingerprint density at radius 1 is 1.33 bits per heavy atom. The van der Waals surface area contributed by atoms with Gasteiger partial charge in [0.1, 0.15) is 5.65 Å². The number of fused-ring (bicyclic) bond motifs is 1. The number of nitrogens with zero attached hydrogens (tertiary/aromatic N) is 2. The van der Waals surface area contributed by atoms with Crippen LogP contribution in [0.15, 0.2) is 52.4 Å². The van der Waals surface area contributed by atoms with Gasteiger partial charge in [-0.1, -0.05) is 6.07 Å². The molecule has 3 aromatic heterocycles. The van der Waals surface area contributed by atoms with Crippen molar-refractivity contribution in [2.75, 3.05) is 12.4 Å². The van der Waals surface area contributed by atoms with E-state index in [1.165, 1.54) is 16.9 Å². The second-order valence-corrected chi connectivity index (χ2v) is 6.08. The smallest absolute Gasteiger partial charge is 0.260 e. The van der Waals surface area contributed by atoms with Gasteiger partial charge < -0.3 is 9.73 Å². The summed E-state index contributed by atoms with van der Waals surface area (Å²) < 4.78 is 34.1. The van der Waals surface area contributed by atoms with Gasteiger partial charge in [-0.2, -0.15) is 0 Å². The van der Waals surface area contributed by atoms with Crippen molar-refractivity contribution in [3.8, 4) is 0 Å². The van der Waals surface area contributed by atoms with E-state index in [4.69, 9.17) is 4.42 Å². The largest absolute Gasteiger partial charge is 0.472 e. The molecule has 3 heterocycles. The first-order valence-corrected chi connectivity index (χ1v) is 7.76. The molecule has 0 saturated heterocycles. The van der Waals surface area contributed by atoms with Crippen LogP contribution >= 0.6 is 0 Å². The Morgan fingerprint density at radius 3 is 2.90 bits per heavy atom. The molecule has 0 unspecified atom stereocenters. The fraction of sp³-hybridized carbons (Fsp3) is 0.154. The van der Waals surface area contributed by atoms with E-state index in [0.717, 1.165) is 5.56 Å². The third-order valence-electron chi connectivity index (χ3n) is 3.02. The predicted molar refractivity (Wildman–Crippen MR) is 77.5 cm³/mol. The van der Waals surface area contributed by atoms with Crippen molar-refractivity contribution in [2.24, 2.45) is 0 Å². The van der Waals surface area contributed by atoms with Crippen LogP contribution in [0.3, 0.4) is 0 Å². The fourth-order valence-corrected chi connectivity index (χ4v) is 3.34. The zero-order valence-corrected chi connectivity index (χ0v) is 12.1. The van der Waals surface area contributed by atoms with Crippen LogP contribution in [0.2, 0.25) is 0 Å². The van der Waals surface area contributed by atoms with Crippen LogP contribution in [-0.2, 0) is 16.6 Å². The summed E-state index contributed by atoms with van der Waals surface area (Å²) in [6.07, 6.45) is 4.66. The van der Waals surface area contributed by atoms with Gasteiger partial charge in [-0.25, -0.2) is 18.1 Å². The molecule has 0 amide bonds. The highest BCUT2D eigenvalue weighted by molar-refractivity contribution is 7.89. The van der Waals surface area contributed by atoms with Gasteiger partial charge in [0.15, 0.2) is 10.8 Å². The Bertz CT molecular complexity index is 853. The maximum absolute atomic E-state index is 12.5. The maximum Gasteiger partial charge on any atom is 0.260 e. The van der Waals surface area contributed by atoms with Gasteiger partial charge in [0, 0.05) is 25.4 Å². The summed E-state index contributed by atoms with van der Waals surface area (Å²) in [5, 5.41) is 2.90. The number of rotatable bonds is 5. The van der Waals surface area contributed by atoms with Crippen LogP contribution in [0.1, 0.15) is 5.56 Å². The Hall–Kier alpha value is -2.32. The number of hydrogen-bond donors (Lipinski definition) is 2. The predicted octanol–water partition coefficient (Wildman–Crippen LogP) is 1.45. The summed E-state index contributed by atoms with van der Waals surface area (Å²) in [6.45, 7) is 0.155. The minimum atomic E-state index is -3.72. The molecule has 0 saturated carbocycles. The molecule has 2 N–H and O–H groups in total. The van der Waals surface area contributed by atoms with E-state index in [0.29, 0.717) is 11.5 Å². The van der Waals surface area contributed by atoms with Crippen LogP contribution in [0.25, 0.3) is 5.65 Å². The quantitative estimate of drug-likeness (QED) is 0.745. The third-order valence-corrected chi connectivity index (χ3v) is 4.45. The maximum atomic E-state index is 12.5. The molecule has 0 spiro atoms. The highest BCUT2D eigenvalue weighted by atomic mass is 32.2. The third kappa shape index (κ3) is 2.50. The van der Waals surface area contributed by atoms with Gasteiger partial charge in [0.2, 0.25) is 0 Å². The van der Waals surface area contributed by atoms with E-state index in [1.54, 1.807) is 37.5 Å². The number of anilines is 1. The van der Waals surface area contributed by atoms with Gasteiger partial charge in [0.25, 0.3) is 10.0 Å². The molecule has 7 nitrogen and oxygen atoms in total. The zero-order chi connectivity index (χ0) is 14.9. The molecule has 0 fully saturated rings. The van der Waals surface area contributed by atoms with Crippen LogP contribution in [0.5, 0.6) is 0 Å². The minimum absolute atomic E-state index is 0.0871. The molecule has 21 heavy (non-hydrogen) atoms. The van der Waals surface area contributed by atoms with Crippen molar-refractivity contribution < 1.29 is 12.8 Å². The molecule has 0 aromatic carbocycles. The monoisotopic (exact) mass is 306 g/mol. The second kappa shape index (κ2) is 5.23. The topological polar surface area (TPSA) is 88.6 Å². The summed E-state index contributed by atoms with van der Waals surface area (Å²) in [6, 6.07) is 7.01. The van der Waals surface area contributed by atoms with Gasteiger partial charge in [-0.3, -0.25) is 4.40 Å². The Labute approximate surface area is 121 Å². The lowest BCUT2D eigenvalue weighted by molar-refractivity contribution is 0.560. The highest BCUT2D eigenvalue weighted by Gasteiger charge is 2.24. The summed E-state index contributed by atoms with van der Waals surface area (Å²) in [5.74, 6) is 0.306. The van der Waals surface area contributed by atoms with Crippen LogP contribution in [-0.4, -0.2) is 24.9 Å². The Kier molecular flexibility index (Phi) is 3.40. The van der Waals surface area contributed by atoms with Crippen LogP contribution < -0.4 is 10.0 Å². The van der Waals surface area contributed by atoms with Crippen LogP contribution in [0, 0.1) is 0 Å². The van der Waals surface area contributed by atoms with E-state index >= 15 is 0 Å². The van der Waals surface area contributed by atoms with Gasteiger partial charge in [0.05, 0.1) is 12.5 Å². The van der Waals surface area contributed by atoms with E-state index in [1.807, 2.05) is 0 Å². The summed E-state index contributed by atoms with van der Waals surface area (Å²) in [7, 11) is -2.08. The Balaban J connectivity index is 2.01. The SMILES string of the molecule is CNc1nc2ccccn2c1S(=O)(=O)NCc1ccoc1. The fourth-order valence-electron chi connectivity index (χ4n) is 2.03. The molecule has 3 rings (SSSR count). The van der Waals surface area contributed by atoms with Gasteiger partial charge >= 0.3 is 0 Å². The number of imidazole rings is 1. The Morgan fingerprint density at radius 2 is 2.19 bits per heavy atom. The standard InChI is InChI=1S/C13H14N4O3S/c1-14-12-13(17-6-3-2-4-11(17)16-12)21(18,19)15-8-10-5-7-20-9-10/h2-7,9,14-15H,8H2,1H3. The van der Waals surface area contributed by atoms with Crippen LogP contribution in [0.4, 0.5) is 5.82 Å².